The predicted molar refractivity (Wildman–Crippen MR) is 63.1 cm³/mol. The Labute approximate surface area is 101 Å². The van der Waals surface area contributed by atoms with Gasteiger partial charge in [0, 0.05) is 6.26 Å². The number of hydrogen-bond donors (Lipinski definition) is 1. The molecule has 17 heavy (non-hydrogen) atoms. The van der Waals surface area contributed by atoms with Crippen molar-refractivity contribution in [3.8, 4) is 0 Å². The summed E-state index contributed by atoms with van der Waals surface area (Å²) in [6.07, 6.45) is 2.08. The lowest BCUT2D eigenvalue weighted by molar-refractivity contribution is -0.151. The Morgan fingerprint density at radius 1 is 1.41 bits per heavy atom. The number of hydrogen-bond acceptors (Lipinski definition) is 5. The van der Waals surface area contributed by atoms with Crippen molar-refractivity contribution in [3.05, 3.63) is 12.7 Å². The zero-order valence-electron chi connectivity index (χ0n) is 10.1. The minimum Gasteiger partial charge on any atom is -0.463 e. The molecule has 6 nitrogen and oxygen atoms in total. The molecule has 0 unspecified atom stereocenters. The molecule has 0 bridgehead atoms. The summed E-state index contributed by atoms with van der Waals surface area (Å²) in [4.78, 5) is 22.6. The second kappa shape index (κ2) is 5.81. The number of carbonyl (C=O) groups excluding carboxylic acids is 2. The van der Waals surface area contributed by atoms with Gasteiger partial charge in [0.2, 0.25) is 5.91 Å². The molecule has 7 heteroatoms. The minimum atomic E-state index is -3.17. The van der Waals surface area contributed by atoms with E-state index < -0.39 is 27.3 Å². The molecule has 0 aliphatic rings. The van der Waals surface area contributed by atoms with Gasteiger partial charge in [-0.1, -0.05) is 6.58 Å². The average molecular weight is 263 g/mol. The summed E-state index contributed by atoms with van der Waals surface area (Å²) >= 11 is 0. The molecule has 0 aromatic carbocycles. The summed E-state index contributed by atoms with van der Waals surface area (Å²) in [6.45, 7) is 5.94. The monoisotopic (exact) mass is 263 g/mol. The maximum Gasteiger partial charge on any atom is 0.331 e. The first kappa shape index (κ1) is 15.6. The zero-order chi connectivity index (χ0) is 13.7. The van der Waals surface area contributed by atoms with E-state index in [0.717, 1.165) is 12.3 Å². The van der Waals surface area contributed by atoms with Crippen LogP contribution in [0.1, 0.15) is 13.8 Å². The van der Waals surface area contributed by atoms with Crippen molar-refractivity contribution >= 4 is 21.7 Å². The fraction of sp³-hybridized carbons (Fsp3) is 0.600. The molecule has 0 atom stereocenters. The van der Waals surface area contributed by atoms with Crippen LogP contribution in [-0.2, 0) is 24.2 Å². The second-order valence-electron chi connectivity index (χ2n) is 4.08. The van der Waals surface area contributed by atoms with Gasteiger partial charge in [0.1, 0.15) is 12.1 Å². The third-order valence-electron chi connectivity index (χ3n) is 1.82. The Morgan fingerprint density at radius 3 is 2.35 bits per heavy atom. The van der Waals surface area contributed by atoms with Crippen molar-refractivity contribution in [2.45, 2.75) is 19.4 Å². The van der Waals surface area contributed by atoms with Crippen molar-refractivity contribution in [1.29, 1.82) is 0 Å². The molecular formula is C10H17NO5S. The summed E-state index contributed by atoms with van der Waals surface area (Å²) in [5, 5.41) is 2.37. The van der Waals surface area contributed by atoms with Crippen LogP contribution in [0.15, 0.2) is 12.7 Å². The van der Waals surface area contributed by atoms with Crippen LogP contribution in [0.4, 0.5) is 0 Å². The van der Waals surface area contributed by atoms with E-state index >= 15 is 0 Å². The summed E-state index contributed by atoms with van der Waals surface area (Å²) < 4.78 is 26.4. The second-order valence-corrected chi connectivity index (χ2v) is 6.34. The van der Waals surface area contributed by atoms with Crippen LogP contribution in [0.5, 0.6) is 0 Å². The summed E-state index contributed by atoms with van der Waals surface area (Å²) in [7, 11) is -3.17. The molecule has 98 valence electrons. The van der Waals surface area contributed by atoms with Gasteiger partial charge >= 0.3 is 5.97 Å². The molecule has 0 saturated carbocycles. The first-order valence-corrected chi connectivity index (χ1v) is 6.94. The van der Waals surface area contributed by atoms with Crippen LogP contribution in [0, 0.1) is 0 Å². The maximum atomic E-state index is 11.5. The lowest BCUT2D eigenvalue weighted by Gasteiger charge is -2.23. The highest BCUT2D eigenvalue weighted by Crippen LogP contribution is 2.05. The molecule has 0 heterocycles. The van der Waals surface area contributed by atoms with Crippen LogP contribution in [0.3, 0.4) is 0 Å². The standard InChI is InChI=1S/C10H17NO5S/c1-5-8(12)11-10(2,3)9(13)16-6-7-17(4,14)15/h5H,1,6-7H2,2-4H3,(H,11,12). The van der Waals surface area contributed by atoms with E-state index in [1.807, 2.05) is 0 Å². The summed E-state index contributed by atoms with van der Waals surface area (Å²) in [6, 6.07) is 0. The smallest absolute Gasteiger partial charge is 0.331 e. The SMILES string of the molecule is C=CC(=O)NC(C)(C)C(=O)OCCS(C)(=O)=O. The summed E-state index contributed by atoms with van der Waals surface area (Å²) in [5.41, 5.74) is -1.22. The van der Waals surface area contributed by atoms with E-state index in [2.05, 4.69) is 11.9 Å². The molecule has 0 saturated heterocycles. The molecule has 0 rings (SSSR count). The fourth-order valence-corrected chi connectivity index (χ4v) is 1.26. The molecule has 0 aromatic heterocycles. The number of esters is 1. The number of rotatable bonds is 6. The molecule has 1 N–H and O–H groups in total. The molecular weight excluding hydrogens is 246 g/mol. The van der Waals surface area contributed by atoms with E-state index in [-0.39, 0.29) is 12.4 Å². The number of carbonyl (C=O) groups is 2. The number of sulfone groups is 1. The van der Waals surface area contributed by atoms with Gasteiger partial charge in [-0.2, -0.15) is 0 Å². The number of amides is 1. The van der Waals surface area contributed by atoms with Crippen molar-refractivity contribution in [3.63, 3.8) is 0 Å². The summed E-state index contributed by atoms with van der Waals surface area (Å²) in [5.74, 6) is -1.45. The van der Waals surface area contributed by atoms with E-state index in [0.29, 0.717) is 0 Å². The molecule has 0 aliphatic carbocycles. The Bertz CT molecular complexity index is 410. The zero-order valence-corrected chi connectivity index (χ0v) is 11.0. The average Bonchev–Trinajstić information content (AvgIpc) is 2.14. The number of nitrogens with one attached hydrogen (secondary N) is 1. The first-order valence-electron chi connectivity index (χ1n) is 4.88. The van der Waals surface area contributed by atoms with Crippen molar-refractivity contribution < 1.29 is 22.7 Å². The Balaban J connectivity index is 4.30. The van der Waals surface area contributed by atoms with Gasteiger partial charge in [0.25, 0.3) is 0 Å². The molecule has 0 fully saturated rings. The topological polar surface area (TPSA) is 89.5 Å². The van der Waals surface area contributed by atoms with Gasteiger partial charge < -0.3 is 10.1 Å². The maximum absolute atomic E-state index is 11.5. The van der Waals surface area contributed by atoms with Crippen molar-refractivity contribution in [2.75, 3.05) is 18.6 Å². The van der Waals surface area contributed by atoms with Crippen LogP contribution >= 0.6 is 0 Å². The van der Waals surface area contributed by atoms with E-state index in [4.69, 9.17) is 4.74 Å². The fourth-order valence-electron chi connectivity index (χ4n) is 0.876. The molecule has 0 aromatic rings. The van der Waals surface area contributed by atoms with Crippen LogP contribution in [-0.4, -0.2) is 44.4 Å². The minimum absolute atomic E-state index is 0.231. The van der Waals surface area contributed by atoms with Gasteiger partial charge in [-0.15, -0.1) is 0 Å². The van der Waals surface area contributed by atoms with E-state index in [1.54, 1.807) is 0 Å². The Kier molecular flexibility index (Phi) is 5.34. The van der Waals surface area contributed by atoms with Gasteiger partial charge in [-0.05, 0) is 19.9 Å². The van der Waals surface area contributed by atoms with E-state index in [9.17, 15) is 18.0 Å². The normalized spacial score (nSPS) is 11.7. The molecule has 1 amide bonds. The lowest BCUT2D eigenvalue weighted by atomic mass is 10.1. The predicted octanol–water partition coefficient (Wildman–Crippen LogP) is -0.345. The third-order valence-corrected chi connectivity index (χ3v) is 2.73. The first-order chi connectivity index (χ1) is 7.58. The highest BCUT2D eigenvalue weighted by molar-refractivity contribution is 7.90. The third kappa shape index (κ3) is 6.72. The molecule has 0 spiro atoms. The van der Waals surface area contributed by atoms with Crippen molar-refractivity contribution in [1.82, 2.24) is 5.32 Å². The van der Waals surface area contributed by atoms with Crippen LogP contribution in [0.25, 0.3) is 0 Å². The number of ether oxygens (including phenoxy) is 1. The molecule has 0 radical (unpaired) electrons. The van der Waals surface area contributed by atoms with E-state index in [1.165, 1.54) is 13.8 Å². The van der Waals surface area contributed by atoms with Gasteiger partial charge in [-0.25, -0.2) is 13.2 Å². The van der Waals surface area contributed by atoms with Crippen LogP contribution in [0.2, 0.25) is 0 Å². The highest BCUT2D eigenvalue weighted by Gasteiger charge is 2.30. The Hall–Kier alpha value is -1.37. The van der Waals surface area contributed by atoms with Crippen LogP contribution < -0.4 is 5.32 Å². The van der Waals surface area contributed by atoms with Gasteiger partial charge in [0.05, 0.1) is 5.75 Å². The molecule has 0 aliphatic heterocycles. The Morgan fingerprint density at radius 2 is 1.94 bits per heavy atom. The van der Waals surface area contributed by atoms with Crippen molar-refractivity contribution in [2.24, 2.45) is 0 Å². The highest BCUT2D eigenvalue weighted by atomic mass is 32.2. The van der Waals surface area contributed by atoms with Gasteiger partial charge in [-0.3, -0.25) is 4.79 Å². The lowest BCUT2D eigenvalue weighted by Crippen LogP contribution is -2.50. The quantitative estimate of drug-likeness (QED) is 0.523. The van der Waals surface area contributed by atoms with Gasteiger partial charge in [0.15, 0.2) is 9.84 Å². The largest absolute Gasteiger partial charge is 0.463 e.